The molecule has 8 nitrogen and oxygen atoms in total. The maximum Gasteiger partial charge on any atom is 0.411 e. The third-order valence-electron chi connectivity index (χ3n) is 8.84. The number of hydrogen-bond donors (Lipinski definition) is 2. The summed E-state index contributed by atoms with van der Waals surface area (Å²) < 4.78 is 5.70. The van der Waals surface area contributed by atoms with Gasteiger partial charge in [0, 0.05) is 31.0 Å². The summed E-state index contributed by atoms with van der Waals surface area (Å²) in [6.07, 6.45) is 0.967. The molecule has 0 aliphatic carbocycles. The predicted molar refractivity (Wildman–Crippen MR) is 178 cm³/mol. The Morgan fingerprint density at radius 2 is 1.59 bits per heavy atom. The Labute approximate surface area is 276 Å². The molecule has 46 heavy (non-hydrogen) atoms. The van der Waals surface area contributed by atoms with Gasteiger partial charge in [0.1, 0.15) is 17.7 Å². The molecule has 0 radical (unpaired) electrons. The fourth-order valence-corrected chi connectivity index (χ4v) is 6.61. The van der Waals surface area contributed by atoms with Crippen LogP contribution in [0.2, 0.25) is 5.02 Å². The standard InChI is InChI=1S/C37H44ClN3O5/c1-24(42)30-11-7-8-12-31(30)26-17-19-40(20-18-26)35(44)32(21-25-13-15-29(38)16-14-25)39-34(43)33-22-27-9-5-6-10-28(27)23-41(33)36(45)46-37(2,3)4/h5-16,24,26,32-33,42H,17-23H2,1-4H3,(H,39,43)/t24?,32-,33+/m1/s1. The highest BCUT2D eigenvalue weighted by Crippen LogP contribution is 2.33. The summed E-state index contributed by atoms with van der Waals surface area (Å²) >= 11 is 6.14. The van der Waals surface area contributed by atoms with E-state index in [0.29, 0.717) is 24.5 Å². The van der Waals surface area contributed by atoms with Crippen molar-refractivity contribution in [3.63, 3.8) is 0 Å². The van der Waals surface area contributed by atoms with Crippen LogP contribution in [0, 0.1) is 0 Å². The molecule has 0 saturated carbocycles. The number of nitrogens with one attached hydrogen (secondary N) is 1. The lowest BCUT2D eigenvalue weighted by Gasteiger charge is -2.38. The molecule has 3 atom stereocenters. The summed E-state index contributed by atoms with van der Waals surface area (Å²) in [5.41, 5.74) is 4.12. The van der Waals surface area contributed by atoms with E-state index in [1.54, 1.807) is 39.8 Å². The van der Waals surface area contributed by atoms with E-state index in [1.165, 1.54) is 4.90 Å². The van der Waals surface area contributed by atoms with Crippen LogP contribution in [0.5, 0.6) is 0 Å². The topological polar surface area (TPSA) is 99.2 Å². The number of carbonyl (C=O) groups is 3. The normalized spacial score (nSPS) is 18.3. The molecule has 0 bridgehead atoms. The number of nitrogens with zero attached hydrogens (tertiary/aromatic N) is 2. The van der Waals surface area contributed by atoms with Gasteiger partial charge in [-0.15, -0.1) is 0 Å². The van der Waals surface area contributed by atoms with Crippen molar-refractivity contribution in [2.24, 2.45) is 0 Å². The largest absolute Gasteiger partial charge is 0.444 e. The van der Waals surface area contributed by atoms with Crippen LogP contribution >= 0.6 is 11.6 Å². The summed E-state index contributed by atoms with van der Waals surface area (Å²) in [6.45, 7) is 8.47. The summed E-state index contributed by atoms with van der Waals surface area (Å²) in [5.74, 6) is -0.331. The van der Waals surface area contributed by atoms with Gasteiger partial charge in [-0.05, 0) is 86.4 Å². The van der Waals surface area contributed by atoms with Crippen molar-refractivity contribution in [1.29, 1.82) is 0 Å². The van der Waals surface area contributed by atoms with E-state index < -0.39 is 35.8 Å². The minimum atomic E-state index is -0.840. The zero-order valence-electron chi connectivity index (χ0n) is 27.0. The number of benzene rings is 3. The first kappa shape index (κ1) is 33.5. The number of hydrogen-bond acceptors (Lipinski definition) is 5. The zero-order chi connectivity index (χ0) is 33.0. The maximum absolute atomic E-state index is 14.1. The van der Waals surface area contributed by atoms with Gasteiger partial charge in [-0.1, -0.05) is 72.3 Å². The molecule has 0 aromatic heterocycles. The molecule has 1 fully saturated rings. The third kappa shape index (κ3) is 8.09. The number of rotatable bonds is 7. The van der Waals surface area contributed by atoms with Crippen LogP contribution in [0.25, 0.3) is 0 Å². The van der Waals surface area contributed by atoms with Gasteiger partial charge in [0.2, 0.25) is 11.8 Å². The second kappa shape index (κ2) is 14.3. The van der Waals surface area contributed by atoms with E-state index >= 15 is 0 Å². The molecule has 2 aliphatic rings. The van der Waals surface area contributed by atoms with E-state index in [-0.39, 0.29) is 24.8 Å². The summed E-state index contributed by atoms with van der Waals surface area (Å²) in [7, 11) is 0. The number of likely N-dealkylation sites (tertiary alicyclic amines) is 1. The van der Waals surface area contributed by atoms with Gasteiger partial charge in [0.25, 0.3) is 0 Å². The Morgan fingerprint density at radius 3 is 2.24 bits per heavy atom. The van der Waals surface area contributed by atoms with Crippen molar-refractivity contribution >= 4 is 29.5 Å². The molecule has 9 heteroatoms. The number of ether oxygens (including phenoxy) is 1. The molecule has 244 valence electrons. The molecule has 3 aromatic carbocycles. The van der Waals surface area contributed by atoms with Crippen molar-refractivity contribution in [2.45, 2.75) is 89.6 Å². The molecular formula is C37H44ClN3O5. The quantitative estimate of drug-likeness (QED) is 0.319. The number of fused-ring (bicyclic) bond motifs is 1. The lowest BCUT2D eigenvalue weighted by Crippen LogP contribution is -2.58. The first-order chi connectivity index (χ1) is 21.9. The fourth-order valence-electron chi connectivity index (χ4n) is 6.49. The summed E-state index contributed by atoms with van der Waals surface area (Å²) in [6, 6.07) is 21.3. The van der Waals surface area contributed by atoms with Crippen molar-refractivity contribution in [1.82, 2.24) is 15.1 Å². The minimum Gasteiger partial charge on any atom is -0.444 e. The Balaban J connectivity index is 1.36. The van der Waals surface area contributed by atoms with Crippen LogP contribution in [-0.2, 0) is 33.7 Å². The van der Waals surface area contributed by atoms with E-state index in [0.717, 1.165) is 40.7 Å². The summed E-state index contributed by atoms with van der Waals surface area (Å²) in [5, 5.41) is 13.9. The highest BCUT2D eigenvalue weighted by Gasteiger charge is 2.39. The highest BCUT2D eigenvalue weighted by atomic mass is 35.5. The monoisotopic (exact) mass is 645 g/mol. The molecule has 0 spiro atoms. The van der Waals surface area contributed by atoms with Gasteiger partial charge in [0.05, 0.1) is 12.6 Å². The number of aliphatic hydroxyl groups excluding tert-OH is 1. The minimum absolute atomic E-state index is 0.161. The first-order valence-electron chi connectivity index (χ1n) is 16.1. The van der Waals surface area contributed by atoms with E-state index in [2.05, 4.69) is 11.4 Å². The maximum atomic E-state index is 14.1. The van der Waals surface area contributed by atoms with Crippen LogP contribution in [0.4, 0.5) is 4.79 Å². The molecule has 1 saturated heterocycles. The third-order valence-corrected chi connectivity index (χ3v) is 9.09. The average Bonchev–Trinajstić information content (AvgIpc) is 3.03. The van der Waals surface area contributed by atoms with Gasteiger partial charge in [-0.2, -0.15) is 0 Å². The van der Waals surface area contributed by atoms with Gasteiger partial charge in [-0.25, -0.2) is 4.79 Å². The van der Waals surface area contributed by atoms with Gasteiger partial charge in [0.15, 0.2) is 0 Å². The number of carbonyl (C=O) groups excluding carboxylic acids is 3. The molecule has 3 amide bonds. The second-order valence-corrected chi connectivity index (χ2v) is 13.8. The lowest BCUT2D eigenvalue weighted by atomic mass is 9.85. The smallest absolute Gasteiger partial charge is 0.411 e. The molecule has 2 N–H and O–H groups in total. The summed E-state index contributed by atoms with van der Waals surface area (Å²) in [4.78, 5) is 44.9. The van der Waals surface area contributed by atoms with Crippen molar-refractivity contribution in [3.8, 4) is 0 Å². The van der Waals surface area contributed by atoms with Crippen LogP contribution in [0.15, 0.2) is 72.8 Å². The van der Waals surface area contributed by atoms with Gasteiger partial charge in [-0.3, -0.25) is 14.5 Å². The van der Waals surface area contributed by atoms with Crippen molar-refractivity contribution in [2.75, 3.05) is 13.1 Å². The Morgan fingerprint density at radius 1 is 0.957 bits per heavy atom. The van der Waals surface area contributed by atoms with Crippen LogP contribution in [-0.4, -0.2) is 63.6 Å². The fraction of sp³-hybridized carbons (Fsp3) is 0.432. The van der Waals surface area contributed by atoms with Crippen LogP contribution in [0.1, 0.15) is 80.4 Å². The number of amides is 3. The van der Waals surface area contributed by atoms with Crippen LogP contribution in [0.3, 0.4) is 0 Å². The molecular weight excluding hydrogens is 602 g/mol. The van der Waals surface area contributed by atoms with E-state index in [4.69, 9.17) is 16.3 Å². The highest BCUT2D eigenvalue weighted by molar-refractivity contribution is 6.30. The molecule has 1 unspecified atom stereocenters. The molecule has 2 heterocycles. The zero-order valence-corrected chi connectivity index (χ0v) is 27.8. The van der Waals surface area contributed by atoms with E-state index in [1.807, 2.05) is 59.5 Å². The van der Waals surface area contributed by atoms with E-state index in [9.17, 15) is 19.5 Å². The van der Waals surface area contributed by atoms with Crippen LogP contribution < -0.4 is 5.32 Å². The Bertz CT molecular complexity index is 1540. The molecule has 2 aliphatic heterocycles. The average molecular weight is 646 g/mol. The second-order valence-electron chi connectivity index (χ2n) is 13.4. The number of aliphatic hydroxyl groups is 1. The first-order valence-corrected chi connectivity index (χ1v) is 16.4. The number of piperidine rings is 1. The molecule has 3 aromatic rings. The lowest BCUT2D eigenvalue weighted by molar-refractivity contribution is -0.138. The molecule has 5 rings (SSSR count). The Kier molecular flexibility index (Phi) is 10.4. The van der Waals surface area contributed by atoms with Crippen molar-refractivity contribution < 1.29 is 24.2 Å². The van der Waals surface area contributed by atoms with Gasteiger partial charge < -0.3 is 20.1 Å². The SMILES string of the molecule is CC(O)c1ccccc1C1CCN(C(=O)[C@@H](Cc2ccc(Cl)cc2)NC(=O)[C@@H]2Cc3ccccc3CN2C(=O)OC(C)(C)C)CC1. The number of halogens is 1. The van der Waals surface area contributed by atoms with Crippen molar-refractivity contribution in [3.05, 3.63) is 106 Å². The van der Waals surface area contributed by atoms with Gasteiger partial charge >= 0.3 is 6.09 Å². The predicted octanol–water partition coefficient (Wildman–Crippen LogP) is 6.19. The Hall–Kier alpha value is -3.88.